The first-order valence-electron chi connectivity index (χ1n) is 12.8. The fraction of sp³-hybridized carbons (Fsp3) is 0.438. The molecule has 0 aromatic heterocycles. The molecule has 0 radical (unpaired) electrons. The van der Waals surface area contributed by atoms with Crippen LogP contribution < -0.4 is 0 Å². The molecule has 0 saturated heterocycles. The Morgan fingerprint density at radius 3 is 1.70 bits per heavy atom. The van der Waals surface area contributed by atoms with E-state index in [1.807, 2.05) is 6.07 Å². The molecule has 3 aromatic rings. The van der Waals surface area contributed by atoms with Gasteiger partial charge < -0.3 is 5.11 Å². The number of phenols is 1. The molecule has 0 unspecified atom stereocenters. The van der Waals surface area contributed by atoms with Gasteiger partial charge in [0.15, 0.2) is 0 Å². The Balaban J connectivity index is 2.10. The standard InChI is InChI=1S/C32H42O/c1-6-7-8-9-10-17-22-27-29(33)24-23-28(31(2,3)25-18-13-11-14-19-25)30(27)32(4,5)26-20-15-12-16-21-26/h11-16,18-21,23-24,33H,6-10,17,22H2,1-5H3. The highest BCUT2D eigenvalue weighted by atomic mass is 16.3. The van der Waals surface area contributed by atoms with E-state index in [4.69, 9.17) is 0 Å². The van der Waals surface area contributed by atoms with E-state index in [1.165, 1.54) is 54.4 Å². The van der Waals surface area contributed by atoms with Crippen LogP contribution in [0.25, 0.3) is 0 Å². The second-order valence-electron chi connectivity index (χ2n) is 10.5. The first-order chi connectivity index (χ1) is 15.8. The normalized spacial score (nSPS) is 12.2. The van der Waals surface area contributed by atoms with Crippen LogP contribution in [0, 0.1) is 0 Å². The van der Waals surface area contributed by atoms with Gasteiger partial charge in [0.2, 0.25) is 0 Å². The Bertz CT molecular complexity index is 999. The number of hydrogen-bond donors (Lipinski definition) is 1. The third-order valence-corrected chi connectivity index (χ3v) is 7.36. The summed E-state index contributed by atoms with van der Waals surface area (Å²) in [6.07, 6.45) is 8.43. The number of benzene rings is 3. The van der Waals surface area contributed by atoms with E-state index in [1.54, 1.807) is 0 Å². The molecule has 0 atom stereocenters. The van der Waals surface area contributed by atoms with Crippen LogP contribution in [-0.2, 0) is 17.3 Å². The molecule has 1 N–H and O–H groups in total. The molecule has 0 aliphatic heterocycles. The molecule has 176 valence electrons. The second kappa shape index (κ2) is 11.1. The average molecular weight is 443 g/mol. The van der Waals surface area contributed by atoms with E-state index < -0.39 is 0 Å². The van der Waals surface area contributed by atoms with Crippen molar-refractivity contribution in [1.29, 1.82) is 0 Å². The van der Waals surface area contributed by atoms with Gasteiger partial charge in [-0.05, 0) is 46.7 Å². The molecule has 1 nitrogen and oxygen atoms in total. The van der Waals surface area contributed by atoms with Crippen molar-refractivity contribution in [2.45, 2.75) is 90.4 Å². The van der Waals surface area contributed by atoms with E-state index in [0.29, 0.717) is 5.75 Å². The molecule has 0 saturated carbocycles. The smallest absolute Gasteiger partial charge is 0.119 e. The molecule has 3 rings (SSSR count). The summed E-state index contributed by atoms with van der Waals surface area (Å²) >= 11 is 0. The van der Waals surface area contributed by atoms with Crippen molar-refractivity contribution in [3.05, 3.63) is 101 Å². The van der Waals surface area contributed by atoms with Gasteiger partial charge in [-0.25, -0.2) is 0 Å². The molecule has 0 fully saturated rings. The zero-order valence-corrected chi connectivity index (χ0v) is 21.3. The molecular weight excluding hydrogens is 400 g/mol. The van der Waals surface area contributed by atoms with Crippen LogP contribution in [0.15, 0.2) is 72.8 Å². The Morgan fingerprint density at radius 1 is 0.606 bits per heavy atom. The topological polar surface area (TPSA) is 20.2 Å². The van der Waals surface area contributed by atoms with Gasteiger partial charge in [-0.1, -0.05) is 133 Å². The van der Waals surface area contributed by atoms with Crippen LogP contribution in [0.5, 0.6) is 5.75 Å². The van der Waals surface area contributed by atoms with E-state index in [-0.39, 0.29) is 10.8 Å². The maximum atomic E-state index is 11.1. The largest absolute Gasteiger partial charge is 0.508 e. The Kier molecular flexibility index (Phi) is 8.40. The lowest BCUT2D eigenvalue weighted by atomic mass is 9.66. The van der Waals surface area contributed by atoms with E-state index in [0.717, 1.165) is 18.4 Å². The van der Waals surface area contributed by atoms with Crippen molar-refractivity contribution in [2.75, 3.05) is 0 Å². The number of phenolic OH excluding ortho intramolecular Hbond substituents is 1. The molecule has 0 aliphatic carbocycles. The third-order valence-electron chi connectivity index (χ3n) is 7.36. The Labute approximate surface area is 201 Å². The highest BCUT2D eigenvalue weighted by Crippen LogP contribution is 2.45. The van der Waals surface area contributed by atoms with Crippen molar-refractivity contribution >= 4 is 0 Å². The summed E-state index contributed by atoms with van der Waals surface area (Å²) < 4.78 is 0. The SMILES string of the molecule is CCCCCCCCc1c(O)ccc(C(C)(C)c2ccccc2)c1C(C)(C)c1ccccc1. The molecule has 33 heavy (non-hydrogen) atoms. The predicted molar refractivity (Wildman–Crippen MR) is 142 cm³/mol. The Morgan fingerprint density at radius 2 is 1.12 bits per heavy atom. The lowest BCUT2D eigenvalue weighted by Crippen LogP contribution is -2.29. The highest BCUT2D eigenvalue weighted by molar-refractivity contribution is 5.56. The molecule has 0 aliphatic rings. The quantitative estimate of drug-likeness (QED) is 0.294. The summed E-state index contributed by atoms with van der Waals surface area (Å²) in [5.41, 5.74) is 5.90. The maximum absolute atomic E-state index is 11.1. The van der Waals surface area contributed by atoms with Crippen molar-refractivity contribution in [3.63, 3.8) is 0 Å². The van der Waals surface area contributed by atoms with Gasteiger partial charge in [0.25, 0.3) is 0 Å². The second-order valence-corrected chi connectivity index (χ2v) is 10.5. The van der Waals surface area contributed by atoms with Gasteiger partial charge >= 0.3 is 0 Å². The molecule has 0 bridgehead atoms. The molecule has 1 heteroatoms. The van der Waals surface area contributed by atoms with Gasteiger partial charge in [0.05, 0.1) is 0 Å². The number of unbranched alkanes of at least 4 members (excludes halogenated alkanes) is 5. The van der Waals surface area contributed by atoms with E-state index in [2.05, 4.69) is 101 Å². The average Bonchev–Trinajstić information content (AvgIpc) is 2.83. The van der Waals surface area contributed by atoms with Gasteiger partial charge in [-0.2, -0.15) is 0 Å². The van der Waals surface area contributed by atoms with Crippen molar-refractivity contribution in [1.82, 2.24) is 0 Å². The molecule has 3 aromatic carbocycles. The lowest BCUT2D eigenvalue weighted by Gasteiger charge is -2.37. The van der Waals surface area contributed by atoms with Gasteiger partial charge in [-0.15, -0.1) is 0 Å². The summed E-state index contributed by atoms with van der Waals surface area (Å²) in [4.78, 5) is 0. The van der Waals surface area contributed by atoms with Crippen LogP contribution in [0.3, 0.4) is 0 Å². The number of aromatic hydroxyl groups is 1. The fourth-order valence-electron chi connectivity index (χ4n) is 5.22. The van der Waals surface area contributed by atoms with Crippen molar-refractivity contribution in [2.24, 2.45) is 0 Å². The van der Waals surface area contributed by atoms with Crippen LogP contribution in [0.2, 0.25) is 0 Å². The van der Waals surface area contributed by atoms with Gasteiger partial charge in [0, 0.05) is 10.8 Å². The van der Waals surface area contributed by atoms with Gasteiger partial charge in [0.1, 0.15) is 5.75 Å². The maximum Gasteiger partial charge on any atom is 0.119 e. The van der Waals surface area contributed by atoms with E-state index in [9.17, 15) is 5.11 Å². The number of rotatable bonds is 11. The summed E-state index contributed by atoms with van der Waals surface area (Å²) in [5.74, 6) is 0.440. The van der Waals surface area contributed by atoms with Crippen molar-refractivity contribution in [3.8, 4) is 5.75 Å². The fourth-order valence-corrected chi connectivity index (χ4v) is 5.22. The first kappa shape index (κ1) is 25.1. The Hall–Kier alpha value is -2.54. The van der Waals surface area contributed by atoms with Gasteiger partial charge in [-0.3, -0.25) is 0 Å². The zero-order valence-electron chi connectivity index (χ0n) is 21.3. The number of hydrogen-bond acceptors (Lipinski definition) is 1. The summed E-state index contributed by atoms with van der Waals surface area (Å²) in [6.45, 7) is 11.5. The van der Waals surface area contributed by atoms with Crippen LogP contribution in [0.4, 0.5) is 0 Å². The zero-order chi connectivity index (χ0) is 23.9. The summed E-state index contributed by atoms with van der Waals surface area (Å²) in [6, 6.07) is 25.6. The summed E-state index contributed by atoms with van der Waals surface area (Å²) in [7, 11) is 0. The molecule has 0 spiro atoms. The van der Waals surface area contributed by atoms with Crippen LogP contribution in [-0.4, -0.2) is 5.11 Å². The first-order valence-corrected chi connectivity index (χ1v) is 12.8. The molecule has 0 heterocycles. The summed E-state index contributed by atoms with van der Waals surface area (Å²) in [5, 5.41) is 11.1. The van der Waals surface area contributed by atoms with Crippen LogP contribution >= 0.6 is 0 Å². The van der Waals surface area contributed by atoms with Crippen molar-refractivity contribution < 1.29 is 5.11 Å². The predicted octanol–water partition coefficient (Wildman–Crippen LogP) is 8.95. The van der Waals surface area contributed by atoms with E-state index >= 15 is 0 Å². The highest BCUT2D eigenvalue weighted by Gasteiger charge is 2.35. The third kappa shape index (κ3) is 5.69. The van der Waals surface area contributed by atoms with Crippen LogP contribution in [0.1, 0.15) is 101 Å². The minimum absolute atomic E-state index is 0.174. The monoisotopic (exact) mass is 442 g/mol. The molecular formula is C32H42O. The lowest BCUT2D eigenvalue weighted by molar-refractivity contribution is 0.458. The minimum atomic E-state index is -0.223. The molecule has 0 amide bonds. The minimum Gasteiger partial charge on any atom is -0.508 e.